The summed E-state index contributed by atoms with van der Waals surface area (Å²) in [6, 6.07) is 21.2. The lowest BCUT2D eigenvalue weighted by Crippen LogP contribution is -2.43. The molecule has 0 saturated heterocycles. The van der Waals surface area contributed by atoms with Gasteiger partial charge in [-0.05, 0) is 64.9 Å². The number of methoxy groups -OCH3 is 1. The summed E-state index contributed by atoms with van der Waals surface area (Å²) in [5.74, 6) is 1.07. The number of aromatic hydroxyl groups is 1. The highest BCUT2D eigenvalue weighted by atomic mass is 35.5. The van der Waals surface area contributed by atoms with Crippen molar-refractivity contribution in [3.8, 4) is 11.5 Å². The van der Waals surface area contributed by atoms with Crippen LogP contribution in [-0.4, -0.2) is 23.7 Å². The van der Waals surface area contributed by atoms with Gasteiger partial charge in [0.25, 0.3) is 0 Å². The van der Waals surface area contributed by atoms with Crippen molar-refractivity contribution >= 4 is 11.6 Å². The number of benzene rings is 3. The van der Waals surface area contributed by atoms with E-state index in [2.05, 4.69) is 47.4 Å². The number of ether oxygens (including phenoxy) is 1. The summed E-state index contributed by atoms with van der Waals surface area (Å²) < 4.78 is 5.43. The fraction of sp³-hybridized carbons (Fsp3) is 0.250. The first kappa shape index (κ1) is 17.6. The molecule has 1 N–H and O–H groups in total. The van der Waals surface area contributed by atoms with Crippen molar-refractivity contribution in [2.45, 2.75) is 24.9 Å². The van der Waals surface area contributed by atoms with Crippen molar-refractivity contribution < 1.29 is 9.84 Å². The van der Waals surface area contributed by atoms with E-state index >= 15 is 0 Å². The molecule has 2 aliphatic heterocycles. The molecular formula is C24H22ClNO2. The molecule has 4 heteroatoms. The van der Waals surface area contributed by atoms with Crippen LogP contribution in [0.1, 0.15) is 39.9 Å². The van der Waals surface area contributed by atoms with E-state index in [1.54, 1.807) is 7.11 Å². The molecule has 3 aromatic rings. The van der Waals surface area contributed by atoms with Crippen molar-refractivity contribution in [2.24, 2.45) is 0 Å². The maximum absolute atomic E-state index is 10.2. The Labute approximate surface area is 170 Å². The molecule has 0 amide bonds. The van der Waals surface area contributed by atoms with Gasteiger partial charge in [-0.1, -0.05) is 48.0 Å². The zero-order valence-electron chi connectivity index (χ0n) is 15.7. The van der Waals surface area contributed by atoms with Crippen LogP contribution in [-0.2, 0) is 12.8 Å². The van der Waals surface area contributed by atoms with Gasteiger partial charge >= 0.3 is 0 Å². The van der Waals surface area contributed by atoms with Gasteiger partial charge in [-0.3, -0.25) is 4.90 Å². The predicted molar refractivity (Wildman–Crippen MR) is 111 cm³/mol. The van der Waals surface area contributed by atoms with Gasteiger partial charge in [-0.15, -0.1) is 0 Å². The van der Waals surface area contributed by atoms with E-state index in [1.807, 2.05) is 18.2 Å². The second-order valence-corrected chi connectivity index (χ2v) is 8.00. The Kier molecular flexibility index (Phi) is 4.30. The van der Waals surface area contributed by atoms with Crippen molar-refractivity contribution in [2.75, 3.05) is 13.7 Å². The maximum Gasteiger partial charge on any atom is 0.134 e. The van der Waals surface area contributed by atoms with Crippen LogP contribution < -0.4 is 4.74 Å². The molecule has 0 bridgehead atoms. The molecule has 3 nitrogen and oxygen atoms in total. The molecular weight excluding hydrogens is 370 g/mol. The Morgan fingerprint density at radius 1 is 1.00 bits per heavy atom. The first-order valence-corrected chi connectivity index (χ1v) is 10.0. The second-order valence-electron chi connectivity index (χ2n) is 7.59. The monoisotopic (exact) mass is 391 g/mol. The minimum atomic E-state index is 0.128. The first-order valence-electron chi connectivity index (χ1n) is 9.64. The average Bonchev–Trinajstić information content (AvgIpc) is 2.73. The van der Waals surface area contributed by atoms with Crippen LogP contribution in [0.5, 0.6) is 11.5 Å². The standard InChI is InChI=1S/C24H22ClNO2/c1-28-18-7-8-19-16(11-18)9-10-26-22(19)12-17-13-23(27)21(25)14-20(17)24(26)15-5-3-2-4-6-15/h2-8,11,13-14,22,24,27H,9-10,12H2,1H3. The van der Waals surface area contributed by atoms with Gasteiger partial charge in [-0.25, -0.2) is 0 Å². The number of phenols is 1. The number of fused-ring (bicyclic) bond motifs is 4. The quantitative estimate of drug-likeness (QED) is 0.643. The van der Waals surface area contributed by atoms with Crippen molar-refractivity contribution in [3.05, 3.63) is 93.5 Å². The predicted octanol–water partition coefficient (Wildman–Crippen LogP) is 5.30. The van der Waals surface area contributed by atoms with E-state index in [-0.39, 0.29) is 17.8 Å². The topological polar surface area (TPSA) is 32.7 Å². The number of hydrogen-bond donors (Lipinski definition) is 1. The lowest BCUT2D eigenvalue weighted by atomic mass is 9.79. The normalized spacial score (nSPS) is 20.8. The zero-order valence-corrected chi connectivity index (χ0v) is 16.5. The Morgan fingerprint density at radius 2 is 1.82 bits per heavy atom. The lowest BCUT2D eigenvalue weighted by Gasteiger charge is -2.47. The first-order chi connectivity index (χ1) is 13.7. The molecule has 142 valence electrons. The van der Waals surface area contributed by atoms with Gasteiger partial charge in [0.05, 0.1) is 18.2 Å². The van der Waals surface area contributed by atoms with Crippen LogP contribution in [0.3, 0.4) is 0 Å². The highest BCUT2D eigenvalue weighted by Gasteiger charge is 2.39. The third-order valence-corrected chi connectivity index (χ3v) is 6.42. The third-order valence-electron chi connectivity index (χ3n) is 6.11. The van der Waals surface area contributed by atoms with Crippen LogP contribution in [0.15, 0.2) is 60.7 Å². The molecule has 2 atom stereocenters. The van der Waals surface area contributed by atoms with E-state index in [9.17, 15) is 5.11 Å². The van der Waals surface area contributed by atoms with Gasteiger partial charge in [0.1, 0.15) is 11.5 Å². The Balaban J connectivity index is 1.68. The van der Waals surface area contributed by atoms with Crippen LogP contribution in [0.4, 0.5) is 0 Å². The molecule has 2 heterocycles. The molecule has 0 fully saturated rings. The molecule has 3 aromatic carbocycles. The Hall–Kier alpha value is -2.49. The summed E-state index contributed by atoms with van der Waals surface area (Å²) in [5.41, 5.74) is 6.33. The molecule has 0 aliphatic carbocycles. The molecule has 2 unspecified atom stereocenters. The average molecular weight is 392 g/mol. The smallest absolute Gasteiger partial charge is 0.134 e. The minimum Gasteiger partial charge on any atom is -0.506 e. The summed E-state index contributed by atoms with van der Waals surface area (Å²) in [6.07, 6.45) is 1.86. The lowest BCUT2D eigenvalue weighted by molar-refractivity contribution is 0.129. The Morgan fingerprint density at radius 3 is 2.61 bits per heavy atom. The molecule has 0 saturated carbocycles. The highest BCUT2D eigenvalue weighted by molar-refractivity contribution is 6.32. The van der Waals surface area contributed by atoms with E-state index in [0.717, 1.165) is 25.1 Å². The largest absolute Gasteiger partial charge is 0.506 e. The van der Waals surface area contributed by atoms with E-state index in [4.69, 9.17) is 16.3 Å². The molecule has 0 aromatic heterocycles. The van der Waals surface area contributed by atoms with Gasteiger partial charge in [-0.2, -0.15) is 0 Å². The second kappa shape index (κ2) is 6.84. The fourth-order valence-electron chi connectivity index (χ4n) is 4.82. The SMILES string of the molecule is COc1ccc2c(c1)CCN1C2Cc2cc(O)c(Cl)cc2C1c1ccccc1. The summed E-state index contributed by atoms with van der Waals surface area (Å²) in [5, 5.41) is 10.6. The van der Waals surface area contributed by atoms with E-state index in [0.29, 0.717) is 5.02 Å². The number of phenolic OH excluding ortho intramolecular Hbond substituents is 1. The zero-order chi connectivity index (χ0) is 19.3. The van der Waals surface area contributed by atoms with Crippen molar-refractivity contribution in [1.82, 2.24) is 4.90 Å². The van der Waals surface area contributed by atoms with Gasteiger partial charge in [0, 0.05) is 12.6 Å². The van der Waals surface area contributed by atoms with Gasteiger partial charge in [0.15, 0.2) is 0 Å². The number of hydrogen-bond acceptors (Lipinski definition) is 3. The number of nitrogens with zero attached hydrogens (tertiary/aromatic N) is 1. The Bertz CT molecular complexity index is 1030. The summed E-state index contributed by atoms with van der Waals surface area (Å²) >= 11 is 6.31. The minimum absolute atomic E-state index is 0.128. The summed E-state index contributed by atoms with van der Waals surface area (Å²) in [6.45, 7) is 0.975. The fourth-order valence-corrected chi connectivity index (χ4v) is 4.99. The van der Waals surface area contributed by atoms with E-state index in [1.165, 1.54) is 27.8 Å². The van der Waals surface area contributed by atoms with Crippen LogP contribution >= 0.6 is 11.6 Å². The van der Waals surface area contributed by atoms with Crippen molar-refractivity contribution in [1.29, 1.82) is 0 Å². The van der Waals surface area contributed by atoms with Gasteiger partial charge in [0.2, 0.25) is 0 Å². The van der Waals surface area contributed by atoms with Crippen LogP contribution in [0, 0.1) is 0 Å². The maximum atomic E-state index is 10.2. The van der Waals surface area contributed by atoms with Crippen molar-refractivity contribution in [3.63, 3.8) is 0 Å². The van der Waals surface area contributed by atoms with Crippen LogP contribution in [0.25, 0.3) is 0 Å². The van der Waals surface area contributed by atoms with Gasteiger partial charge < -0.3 is 9.84 Å². The molecule has 2 aliphatic rings. The highest BCUT2D eigenvalue weighted by Crippen LogP contribution is 2.48. The molecule has 5 rings (SSSR count). The third kappa shape index (κ3) is 2.78. The summed E-state index contributed by atoms with van der Waals surface area (Å²) in [7, 11) is 1.71. The van der Waals surface area contributed by atoms with Crippen LogP contribution in [0.2, 0.25) is 5.02 Å². The molecule has 28 heavy (non-hydrogen) atoms. The van der Waals surface area contributed by atoms with E-state index < -0.39 is 0 Å². The summed E-state index contributed by atoms with van der Waals surface area (Å²) in [4.78, 5) is 2.58. The molecule has 0 spiro atoms. The molecule has 0 radical (unpaired) electrons. The number of rotatable bonds is 2. The number of halogens is 1.